The summed E-state index contributed by atoms with van der Waals surface area (Å²) in [5.74, 6) is 0. The molecule has 0 aromatic heterocycles. The van der Waals surface area contributed by atoms with Gasteiger partial charge in [-0.1, -0.05) is 58.5 Å². The summed E-state index contributed by atoms with van der Waals surface area (Å²) in [5.41, 5.74) is 20.8. The lowest BCUT2D eigenvalue weighted by Crippen LogP contribution is -1.79. The summed E-state index contributed by atoms with van der Waals surface area (Å²) in [4.78, 5) is 0. The highest BCUT2D eigenvalue weighted by Gasteiger charge is 2.02. The van der Waals surface area contributed by atoms with Crippen molar-refractivity contribution in [3.63, 3.8) is 0 Å². The Hall–Kier alpha value is 0.400. The molecule has 0 unspecified atom stereocenters. The third-order valence-corrected chi connectivity index (χ3v) is 10.7. The van der Waals surface area contributed by atoms with Gasteiger partial charge in [-0.3, -0.25) is 0 Å². The van der Waals surface area contributed by atoms with Crippen molar-refractivity contribution in [3.8, 4) is 34.0 Å². The van der Waals surface area contributed by atoms with Crippen LogP contribution < -0.4 is 0 Å². The van der Waals surface area contributed by atoms with E-state index in [0.717, 1.165) is 0 Å². The van der Waals surface area contributed by atoms with Crippen LogP contribution in [0.3, 0.4) is 0 Å². The zero-order valence-electron chi connectivity index (χ0n) is 15.0. The maximum atomic E-state index is 3.49. The molecular weight excluding hydrogens is 340 g/mol. The molecule has 4 heteroatoms. The van der Waals surface area contributed by atoms with E-state index in [9.17, 15) is 0 Å². The Labute approximate surface area is 144 Å². The Morgan fingerprint density at radius 1 is 0.409 bits per heavy atom. The molecule has 0 aliphatic rings. The Morgan fingerprint density at radius 2 is 0.636 bits per heavy atom. The molecule has 0 saturated carbocycles. The molecule has 0 bridgehead atoms. The van der Waals surface area contributed by atoms with Gasteiger partial charge in [-0.25, -0.2) is 0 Å². The second-order valence-corrected chi connectivity index (χ2v) is 13.6. The van der Waals surface area contributed by atoms with Gasteiger partial charge >= 0.3 is 0 Å². The highest BCUT2D eigenvalue weighted by molar-refractivity contribution is 7.75. The van der Waals surface area contributed by atoms with E-state index in [1.54, 1.807) is 0 Å². The van der Waals surface area contributed by atoms with E-state index in [2.05, 4.69) is 75.5 Å². The van der Waals surface area contributed by atoms with Crippen molar-refractivity contribution in [2.75, 3.05) is 37.0 Å². The molecular formula is C18H30P4. The number of rotatable bonds is 6. The second-order valence-electron chi connectivity index (χ2n) is 4.52. The molecule has 0 atom stereocenters. The third kappa shape index (κ3) is 10.2. The van der Waals surface area contributed by atoms with Crippen LogP contribution in [0.5, 0.6) is 0 Å². The molecule has 0 rings (SSSR count). The van der Waals surface area contributed by atoms with Crippen LogP contribution in [0.15, 0.2) is 0 Å². The quantitative estimate of drug-likeness (QED) is 0.357. The van der Waals surface area contributed by atoms with Gasteiger partial charge in [0.25, 0.3) is 0 Å². The summed E-state index contributed by atoms with van der Waals surface area (Å²) in [6, 6.07) is 0. The van der Waals surface area contributed by atoms with Gasteiger partial charge in [-0.05, 0) is 77.7 Å². The summed E-state index contributed by atoms with van der Waals surface area (Å²) in [6.45, 7) is 13.4. The standard InChI is InChI=1S/C18H30P4/c1-7-19(8-2)13-16-22(17-14-20(9-3)10-4)18-15-21(11-5)12-6/h7-12H2,1-6H3. The third-order valence-electron chi connectivity index (χ3n) is 3.25. The molecule has 0 nitrogen and oxygen atoms in total. The van der Waals surface area contributed by atoms with Crippen molar-refractivity contribution in [2.45, 2.75) is 41.5 Å². The van der Waals surface area contributed by atoms with E-state index >= 15 is 0 Å². The zero-order valence-corrected chi connectivity index (χ0v) is 18.6. The lowest BCUT2D eigenvalue weighted by Gasteiger charge is -2.04. The van der Waals surface area contributed by atoms with E-state index in [4.69, 9.17) is 0 Å². The molecule has 0 aliphatic carbocycles. The van der Waals surface area contributed by atoms with Crippen LogP contribution in [0.2, 0.25) is 0 Å². The van der Waals surface area contributed by atoms with Crippen molar-refractivity contribution in [2.24, 2.45) is 0 Å². The molecule has 0 N–H and O–H groups in total. The maximum absolute atomic E-state index is 3.49. The summed E-state index contributed by atoms with van der Waals surface area (Å²) < 4.78 is 0. The van der Waals surface area contributed by atoms with Crippen LogP contribution >= 0.6 is 31.7 Å². The molecule has 22 heavy (non-hydrogen) atoms. The summed E-state index contributed by atoms with van der Waals surface area (Å²) in [6.07, 6.45) is 7.14. The number of hydrogen-bond donors (Lipinski definition) is 0. The minimum atomic E-state index is -0.727. The van der Waals surface area contributed by atoms with Crippen LogP contribution in [0.4, 0.5) is 0 Å². The number of hydrogen-bond acceptors (Lipinski definition) is 0. The van der Waals surface area contributed by atoms with Gasteiger partial charge in [0.15, 0.2) is 0 Å². The summed E-state index contributed by atoms with van der Waals surface area (Å²) >= 11 is 0. The maximum Gasteiger partial charge on any atom is 0.127 e. The molecule has 0 radical (unpaired) electrons. The van der Waals surface area contributed by atoms with E-state index < -0.39 is 7.92 Å². The van der Waals surface area contributed by atoms with Crippen molar-refractivity contribution < 1.29 is 0 Å². The van der Waals surface area contributed by atoms with Crippen LogP contribution in [0, 0.1) is 34.0 Å². The Morgan fingerprint density at radius 3 is 0.818 bits per heavy atom. The Balaban J connectivity index is 5.22. The van der Waals surface area contributed by atoms with E-state index in [0.29, 0.717) is 0 Å². The SMILES string of the molecule is CCP(C#CP(C#CP(CC)CC)C#CP(CC)CC)CC. The fraction of sp³-hybridized carbons (Fsp3) is 0.667. The molecule has 0 amide bonds. The van der Waals surface area contributed by atoms with E-state index in [-0.39, 0.29) is 23.8 Å². The van der Waals surface area contributed by atoms with Crippen LogP contribution in [-0.4, -0.2) is 37.0 Å². The zero-order chi connectivity index (χ0) is 16.8. The first-order valence-corrected chi connectivity index (χ1v) is 14.7. The summed E-state index contributed by atoms with van der Waals surface area (Å²) in [5, 5.41) is 0. The molecule has 122 valence electrons. The van der Waals surface area contributed by atoms with Crippen molar-refractivity contribution in [1.29, 1.82) is 0 Å². The smallest absolute Gasteiger partial charge is 0.0700 e. The van der Waals surface area contributed by atoms with Crippen molar-refractivity contribution in [1.82, 2.24) is 0 Å². The lowest BCUT2D eigenvalue weighted by molar-refractivity contribution is 1.43. The van der Waals surface area contributed by atoms with Crippen LogP contribution in [0.1, 0.15) is 41.5 Å². The van der Waals surface area contributed by atoms with Crippen LogP contribution in [0.25, 0.3) is 0 Å². The van der Waals surface area contributed by atoms with Gasteiger partial charge < -0.3 is 0 Å². The first-order chi connectivity index (χ1) is 10.6. The van der Waals surface area contributed by atoms with Crippen molar-refractivity contribution in [3.05, 3.63) is 0 Å². The van der Waals surface area contributed by atoms with E-state index in [1.165, 1.54) is 37.0 Å². The monoisotopic (exact) mass is 370 g/mol. The molecule has 0 heterocycles. The molecule has 0 spiro atoms. The van der Waals surface area contributed by atoms with Crippen molar-refractivity contribution >= 4 is 31.7 Å². The molecule has 0 aromatic rings. The van der Waals surface area contributed by atoms with Gasteiger partial charge in [0.2, 0.25) is 0 Å². The molecule has 0 aliphatic heterocycles. The molecule has 0 aromatic carbocycles. The van der Waals surface area contributed by atoms with E-state index in [1.807, 2.05) is 0 Å². The normalized spacial score (nSPS) is 10.1. The first-order valence-electron chi connectivity index (χ1n) is 8.23. The Kier molecular flexibility index (Phi) is 15.2. The van der Waals surface area contributed by atoms with Gasteiger partial charge in [0, 0.05) is 0 Å². The molecule has 0 saturated heterocycles. The lowest BCUT2D eigenvalue weighted by atomic mass is 11.0. The fourth-order valence-corrected chi connectivity index (χ4v) is 6.95. The second kappa shape index (κ2) is 15.0. The predicted molar refractivity (Wildman–Crippen MR) is 114 cm³/mol. The average molecular weight is 370 g/mol. The topological polar surface area (TPSA) is 0 Å². The largest absolute Gasteiger partial charge is 0.127 e. The van der Waals surface area contributed by atoms with Gasteiger partial charge in [0.05, 0.1) is 0 Å². The molecule has 0 fully saturated rings. The average Bonchev–Trinajstić information content (AvgIpc) is 2.56. The Bertz CT molecular complexity index is 383. The van der Waals surface area contributed by atoms with Crippen LogP contribution in [-0.2, 0) is 0 Å². The first kappa shape index (κ1) is 22.4. The highest BCUT2D eigenvalue weighted by atomic mass is 31.1. The van der Waals surface area contributed by atoms with Gasteiger partial charge in [0.1, 0.15) is 7.92 Å². The van der Waals surface area contributed by atoms with Gasteiger partial charge in [-0.15, -0.1) is 0 Å². The minimum Gasteiger partial charge on any atom is -0.0700 e. The fourth-order valence-electron chi connectivity index (χ4n) is 1.59. The highest BCUT2D eigenvalue weighted by Crippen LogP contribution is 2.41. The summed E-state index contributed by atoms with van der Waals surface area (Å²) in [7, 11) is -1.10. The predicted octanol–water partition coefficient (Wildman–Crippen LogP) is 6.79. The van der Waals surface area contributed by atoms with Gasteiger partial charge in [-0.2, -0.15) is 0 Å². The minimum absolute atomic E-state index is 0.125.